The number of aliphatic carboxylic acids is 1. The van der Waals surface area contributed by atoms with Gasteiger partial charge < -0.3 is 20.5 Å². The zero-order valence-corrected chi connectivity index (χ0v) is 10.7. The fourth-order valence-corrected chi connectivity index (χ4v) is 2.28. The summed E-state index contributed by atoms with van der Waals surface area (Å²) in [5, 5.41) is 8.78. The van der Waals surface area contributed by atoms with E-state index in [0.717, 1.165) is 0 Å². The van der Waals surface area contributed by atoms with Gasteiger partial charge in [0.05, 0.1) is 30.4 Å². The topological polar surface area (TPSA) is 92.9 Å². The summed E-state index contributed by atoms with van der Waals surface area (Å²) in [6.45, 7) is 1.03. The molecule has 3 N–H and O–H groups in total. The molecule has 1 fully saturated rings. The number of hydrogen-bond acceptors (Lipinski definition) is 4. The summed E-state index contributed by atoms with van der Waals surface area (Å²) in [5.74, 6) is -2.50. The summed E-state index contributed by atoms with van der Waals surface area (Å²) in [7, 11) is 0. The van der Waals surface area contributed by atoms with Crippen LogP contribution in [0.2, 0.25) is 0 Å². The second-order valence-electron chi connectivity index (χ2n) is 4.53. The van der Waals surface area contributed by atoms with Gasteiger partial charge in [0.2, 0.25) is 0 Å². The Morgan fingerprint density at radius 1 is 1.50 bits per heavy atom. The van der Waals surface area contributed by atoms with Gasteiger partial charge in [-0.15, -0.1) is 0 Å². The van der Waals surface area contributed by atoms with Crippen LogP contribution in [-0.4, -0.2) is 42.8 Å². The highest BCUT2D eigenvalue weighted by atomic mass is 19.1. The first kappa shape index (κ1) is 14.3. The highest BCUT2D eigenvalue weighted by Gasteiger charge is 2.26. The average molecular weight is 282 g/mol. The maximum atomic E-state index is 13.7. The quantitative estimate of drug-likeness (QED) is 0.843. The Labute approximate surface area is 114 Å². The van der Waals surface area contributed by atoms with Crippen LogP contribution in [0.3, 0.4) is 0 Å². The van der Waals surface area contributed by atoms with Gasteiger partial charge in [0.25, 0.3) is 5.91 Å². The number of benzene rings is 1. The maximum Gasteiger partial charge on any atom is 0.306 e. The zero-order valence-electron chi connectivity index (χ0n) is 10.7. The summed E-state index contributed by atoms with van der Waals surface area (Å²) < 4.78 is 19.0. The van der Waals surface area contributed by atoms with E-state index in [-0.39, 0.29) is 18.5 Å². The van der Waals surface area contributed by atoms with E-state index in [0.29, 0.717) is 18.8 Å². The van der Waals surface area contributed by atoms with Crippen molar-refractivity contribution in [3.8, 4) is 0 Å². The summed E-state index contributed by atoms with van der Waals surface area (Å²) in [5.41, 5.74) is 5.40. The molecule has 1 aromatic rings. The van der Waals surface area contributed by atoms with Crippen molar-refractivity contribution < 1.29 is 23.8 Å². The number of carbonyl (C=O) groups is 2. The van der Waals surface area contributed by atoms with E-state index < -0.39 is 23.8 Å². The first-order valence-corrected chi connectivity index (χ1v) is 6.15. The lowest BCUT2D eigenvalue weighted by molar-refractivity contribution is -0.140. The van der Waals surface area contributed by atoms with Gasteiger partial charge >= 0.3 is 5.97 Å². The van der Waals surface area contributed by atoms with Crippen LogP contribution in [0.15, 0.2) is 18.2 Å². The summed E-state index contributed by atoms with van der Waals surface area (Å²) in [4.78, 5) is 23.8. The van der Waals surface area contributed by atoms with Crippen LogP contribution in [0, 0.1) is 5.82 Å². The third-order valence-corrected chi connectivity index (χ3v) is 3.12. The van der Waals surface area contributed by atoms with E-state index >= 15 is 0 Å². The van der Waals surface area contributed by atoms with Crippen molar-refractivity contribution in [2.45, 2.75) is 12.5 Å². The molecule has 108 valence electrons. The largest absolute Gasteiger partial charge is 0.481 e. The number of rotatable bonds is 4. The van der Waals surface area contributed by atoms with Gasteiger partial charge in [0.1, 0.15) is 5.82 Å². The smallest absolute Gasteiger partial charge is 0.306 e. The van der Waals surface area contributed by atoms with Crippen LogP contribution < -0.4 is 10.6 Å². The van der Waals surface area contributed by atoms with Crippen molar-refractivity contribution in [2.24, 2.45) is 5.73 Å². The van der Waals surface area contributed by atoms with Gasteiger partial charge in [-0.2, -0.15) is 0 Å². The van der Waals surface area contributed by atoms with Gasteiger partial charge in [-0.3, -0.25) is 9.59 Å². The Hall–Kier alpha value is -2.15. The predicted molar refractivity (Wildman–Crippen MR) is 69.1 cm³/mol. The van der Waals surface area contributed by atoms with Crippen LogP contribution in [-0.2, 0) is 9.53 Å². The molecule has 0 bridgehead atoms. The second-order valence-corrected chi connectivity index (χ2v) is 4.53. The van der Waals surface area contributed by atoms with Crippen LogP contribution in [0.5, 0.6) is 0 Å². The fourth-order valence-electron chi connectivity index (χ4n) is 2.28. The molecule has 1 aliphatic heterocycles. The molecule has 1 amide bonds. The Morgan fingerprint density at radius 3 is 2.90 bits per heavy atom. The zero-order chi connectivity index (χ0) is 14.7. The molecular formula is C13H15FN2O4. The van der Waals surface area contributed by atoms with Gasteiger partial charge in [-0.05, 0) is 12.1 Å². The first-order chi connectivity index (χ1) is 9.49. The van der Waals surface area contributed by atoms with Gasteiger partial charge in [0.15, 0.2) is 0 Å². The molecular weight excluding hydrogens is 267 g/mol. The molecule has 0 aliphatic carbocycles. The number of anilines is 1. The SMILES string of the molecule is NC(=O)c1c(F)cccc1N1CCOC(CC(=O)O)C1. The molecule has 0 aromatic heterocycles. The predicted octanol–water partition coefficient (Wildman–Crippen LogP) is 0.604. The molecule has 7 heteroatoms. The van der Waals surface area contributed by atoms with E-state index in [1.807, 2.05) is 0 Å². The van der Waals surface area contributed by atoms with Crippen LogP contribution in [0.4, 0.5) is 10.1 Å². The van der Waals surface area contributed by atoms with E-state index in [1.54, 1.807) is 11.0 Å². The number of carboxylic acid groups (broad SMARTS) is 1. The van der Waals surface area contributed by atoms with Crippen molar-refractivity contribution in [3.05, 3.63) is 29.6 Å². The van der Waals surface area contributed by atoms with E-state index in [4.69, 9.17) is 15.6 Å². The lowest BCUT2D eigenvalue weighted by atomic mass is 10.1. The van der Waals surface area contributed by atoms with Crippen molar-refractivity contribution in [1.29, 1.82) is 0 Å². The minimum absolute atomic E-state index is 0.141. The van der Waals surface area contributed by atoms with Gasteiger partial charge in [-0.1, -0.05) is 6.07 Å². The van der Waals surface area contributed by atoms with Gasteiger partial charge in [0, 0.05) is 13.1 Å². The summed E-state index contributed by atoms with van der Waals surface area (Å²) >= 11 is 0. The minimum atomic E-state index is -0.966. The molecule has 2 rings (SSSR count). The Balaban J connectivity index is 2.25. The molecule has 6 nitrogen and oxygen atoms in total. The van der Waals surface area contributed by atoms with Crippen molar-refractivity contribution in [2.75, 3.05) is 24.6 Å². The lowest BCUT2D eigenvalue weighted by Crippen LogP contribution is -2.44. The molecule has 0 radical (unpaired) electrons. The van der Waals surface area contributed by atoms with Gasteiger partial charge in [-0.25, -0.2) is 4.39 Å². The number of primary amides is 1. The van der Waals surface area contributed by atoms with E-state index in [2.05, 4.69) is 0 Å². The van der Waals surface area contributed by atoms with E-state index in [9.17, 15) is 14.0 Å². The second kappa shape index (κ2) is 5.87. The Morgan fingerprint density at radius 2 is 2.25 bits per heavy atom. The van der Waals surface area contributed by atoms with Crippen LogP contribution in [0.1, 0.15) is 16.8 Å². The lowest BCUT2D eigenvalue weighted by Gasteiger charge is -2.34. The molecule has 1 aliphatic rings. The number of hydrogen-bond donors (Lipinski definition) is 2. The number of nitrogens with zero attached hydrogens (tertiary/aromatic N) is 1. The molecule has 20 heavy (non-hydrogen) atoms. The highest BCUT2D eigenvalue weighted by molar-refractivity contribution is 5.99. The van der Waals surface area contributed by atoms with Crippen molar-refractivity contribution in [1.82, 2.24) is 0 Å². The molecule has 0 spiro atoms. The number of amides is 1. The van der Waals surface area contributed by atoms with E-state index in [1.165, 1.54) is 12.1 Å². The number of ether oxygens (including phenoxy) is 1. The summed E-state index contributed by atoms with van der Waals surface area (Å²) in [6, 6.07) is 4.24. The molecule has 1 heterocycles. The first-order valence-electron chi connectivity index (χ1n) is 6.15. The van der Waals surface area contributed by atoms with Crippen molar-refractivity contribution >= 4 is 17.6 Å². The standard InChI is InChI=1S/C13H15FN2O4/c14-9-2-1-3-10(12(9)13(15)19)16-4-5-20-8(7-16)6-11(17)18/h1-3,8H,4-7H2,(H2,15,19)(H,17,18). The highest BCUT2D eigenvalue weighted by Crippen LogP contribution is 2.25. The van der Waals surface area contributed by atoms with Crippen LogP contribution >= 0.6 is 0 Å². The normalized spacial score (nSPS) is 18.9. The maximum absolute atomic E-state index is 13.7. The minimum Gasteiger partial charge on any atom is -0.481 e. The third-order valence-electron chi connectivity index (χ3n) is 3.12. The number of carboxylic acids is 1. The molecule has 1 saturated heterocycles. The summed E-state index contributed by atoms with van der Waals surface area (Å²) in [6.07, 6.45) is -0.636. The van der Waals surface area contributed by atoms with Crippen molar-refractivity contribution in [3.63, 3.8) is 0 Å². The third kappa shape index (κ3) is 3.05. The number of halogens is 1. The Kier molecular flexibility index (Phi) is 4.19. The molecule has 1 unspecified atom stereocenters. The monoisotopic (exact) mass is 282 g/mol. The molecule has 0 saturated carbocycles. The molecule has 1 atom stereocenters. The number of carbonyl (C=O) groups excluding carboxylic acids is 1. The Bertz CT molecular complexity index is 535. The van der Waals surface area contributed by atoms with Crippen LogP contribution in [0.25, 0.3) is 0 Å². The average Bonchev–Trinajstić information content (AvgIpc) is 2.37. The number of morpholine rings is 1. The molecule has 1 aromatic carbocycles. The number of nitrogens with two attached hydrogens (primary N) is 1. The fraction of sp³-hybridized carbons (Fsp3) is 0.385.